The standard InChI is InChI=1S/C9H16F2N2/c10-8(11)5-13-6-9(7-13)1-3-12-4-2-9/h8,12H,1-7H2. The van der Waals surface area contributed by atoms with E-state index in [1.54, 1.807) is 0 Å². The highest BCUT2D eigenvalue weighted by Gasteiger charge is 2.43. The summed E-state index contributed by atoms with van der Waals surface area (Å²) in [6, 6.07) is 0. The first-order valence-electron chi connectivity index (χ1n) is 4.91. The first kappa shape index (κ1) is 9.34. The number of hydrogen-bond donors (Lipinski definition) is 1. The van der Waals surface area contributed by atoms with Crippen LogP contribution in [0.4, 0.5) is 8.78 Å². The van der Waals surface area contributed by atoms with Gasteiger partial charge in [0.2, 0.25) is 0 Å². The summed E-state index contributed by atoms with van der Waals surface area (Å²) in [5, 5.41) is 3.30. The minimum Gasteiger partial charge on any atom is -0.317 e. The third kappa shape index (κ3) is 1.99. The Kier molecular flexibility index (Phi) is 2.51. The molecular weight excluding hydrogens is 174 g/mol. The average Bonchev–Trinajstić information content (AvgIpc) is 2.02. The second-order valence-electron chi connectivity index (χ2n) is 4.31. The molecule has 13 heavy (non-hydrogen) atoms. The lowest BCUT2D eigenvalue weighted by Gasteiger charge is -2.52. The average molecular weight is 190 g/mol. The molecule has 0 aliphatic carbocycles. The Hall–Kier alpha value is -0.220. The van der Waals surface area contributed by atoms with Crippen LogP contribution in [0.5, 0.6) is 0 Å². The van der Waals surface area contributed by atoms with Crippen molar-refractivity contribution in [3.63, 3.8) is 0 Å². The van der Waals surface area contributed by atoms with E-state index in [-0.39, 0.29) is 6.54 Å². The van der Waals surface area contributed by atoms with Gasteiger partial charge in [-0.25, -0.2) is 8.78 Å². The van der Waals surface area contributed by atoms with Crippen LogP contribution in [-0.4, -0.2) is 44.0 Å². The number of piperidine rings is 1. The van der Waals surface area contributed by atoms with E-state index >= 15 is 0 Å². The third-order valence-corrected chi connectivity index (χ3v) is 3.18. The predicted molar refractivity (Wildman–Crippen MR) is 47.0 cm³/mol. The molecule has 0 radical (unpaired) electrons. The zero-order chi connectivity index (χ0) is 9.31. The van der Waals surface area contributed by atoms with Crippen LogP contribution in [0, 0.1) is 5.41 Å². The van der Waals surface area contributed by atoms with Gasteiger partial charge in [-0.1, -0.05) is 0 Å². The van der Waals surface area contributed by atoms with Crippen LogP contribution in [0.25, 0.3) is 0 Å². The van der Waals surface area contributed by atoms with Crippen molar-refractivity contribution >= 4 is 0 Å². The zero-order valence-electron chi connectivity index (χ0n) is 7.73. The maximum Gasteiger partial charge on any atom is 0.251 e. The Morgan fingerprint density at radius 1 is 1.23 bits per heavy atom. The minimum absolute atomic E-state index is 0.0326. The van der Waals surface area contributed by atoms with E-state index in [1.807, 2.05) is 4.90 Å². The second kappa shape index (κ2) is 3.50. The van der Waals surface area contributed by atoms with E-state index < -0.39 is 6.43 Å². The summed E-state index contributed by atoms with van der Waals surface area (Å²) in [4.78, 5) is 1.87. The van der Waals surface area contributed by atoms with Gasteiger partial charge in [0.15, 0.2) is 0 Å². The Morgan fingerprint density at radius 3 is 2.38 bits per heavy atom. The fourth-order valence-corrected chi connectivity index (χ4v) is 2.50. The fraction of sp³-hybridized carbons (Fsp3) is 1.00. The monoisotopic (exact) mass is 190 g/mol. The summed E-state index contributed by atoms with van der Waals surface area (Å²) in [6.45, 7) is 3.86. The molecule has 2 heterocycles. The van der Waals surface area contributed by atoms with Crippen molar-refractivity contribution in [2.75, 3.05) is 32.7 Å². The summed E-state index contributed by atoms with van der Waals surface area (Å²) >= 11 is 0. The van der Waals surface area contributed by atoms with Crippen molar-refractivity contribution in [3.8, 4) is 0 Å². The molecule has 0 atom stereocenters. The van der Waals surface area contributed by atoms with E-state index in [9.17, 15) is 8.78 Å². The van der Waals surface area contributed by atoms with E-state index in [2.05, 4.69) is 5.32 Å². The number of hydrogen-bond acceptors (Lipinski definition) is 2. The predicted octanol–water partition coefficient (Wildman–Crippen LogP) is 0.937. The van der Waals surface area contributed by atoms with Crippen molar-refractivity contribution in [2.45, 2.75) is 19.3 Å². The molecule has 0 bridgehead atoms. The smallest absolute Gasteiger partial charge is 0.251 e. The van der Waals surface area contributed by atoms with Crippen molar-refractivity contribution < 1.29 is 8.78 Å². The summed E-state index contributed by atoms with van der Waals surface area (Å²) in [5.74, 6) is 0. The van der Waals surface area contributed by atoms with Gasteiger partial charge in [0, 0.05) is 13.1 Å². The quantitative estimate of drug-likeness (QED) is 0.697. The van der Waals surface area contributed by atoms with Crippen molar-refractivity contribution in [1.82, 2.24) is 10.2 Å². The lowest BCUT2D eigenvalue weighted by atomic mass is 9.72. The van der Waals surface area contributed by atoms with Crippen molar-refractivity contribution in [1.29, 1.82) is 0 Å². The minimum atomic E-state index is -2.17. The Balaban J connectivity index is 1.75. The molecule has 0 saturated carbocycles. The highest BCUT2D eigenvalue weighted by atomic mass is 19.3. The van der Waals surface area contributed by atoms with Gasteiger partial charge in [-0.15, -0.1) is 0 Å². The van der Waals surface area contributed by atoms with E-state index in [4.69, 9.17) is 0 Å². The molecule has 0 aromatic heterocycles. The van der Waals surface area contributed by atoms with Gasteiger partial charge >= 0.3 is 0 Å². The van der Waals surface area contributed by atoms with Gasteiger partial charge < -0.3 is 5.32 Å². The number of nitrogens with one attached hydrogen (secondary N) is 1. The number of halogens is 2. The maximum absolute atomic E-state index is 12.0. The number of nitrogens with zero attached hydrogens (tertiary/aromatic N) is 1. The van der Waals surface area contributed by atoms with Crippen LogP contribution in [0.3, 0.4) is 0 Å². The molecule has 0 unspecified atom stereocenters. The van der Waals surface area contributed by atoms with Crippen molar-refractivity contribution in [2.24, 2.45) is 5.41 Å². The zero-order valence-corrected chi connectivity index (χ0v) is 7.73. The van der Waals surface area contributed by atoms with E-state index in [1.165, 1.54) is 0 Å². The lowest BCUT2D eigenvalue weighted by Crippen LogP contribution is -2.60. The molecule has 2 nitrogen and oxygen atoms in total. The van der Waals surface area contributed by atoms with Crippen LogP contribution in [0.2, 0.25) is 0 Å². The van der Waals surface area contributed by atoms with Gasteiger partial charge in [-0.3, -0.25) is 4.90 Å². The molecule has 1 spiro atoms. The van der Waals surface area contributed by atoms with E-state index in [0.29, 0.717) is 5.41 Å². The fourth-order valence-electron chi connectivity index (χ4n) is 2.50. The van der Waals surface area contributed by atoms with Crippen LogP contribution < -0.4 is 5.32 Å². The molecule has 4 heteroatoms. The number of likely N-dealkylation sites (tertiary alicyclic amines) is 1. The van der Waals surface area contributed by atoms with Crippen LogP contribution in [0.15, 0.2) is 0 Å². The molecule has 2 aliphatic heterocycles. The molecule has 76 valence electrons. The van der Waals surface area contributed by atoms with Gasteiger partial charge in [0.1, 0.15) is 0 Å². The highest BCUT2D eigenvalue weighted by Crippen LogP contribution is 2.38. The molecule has 0 aromatic carbocycles. The summed E-state index contributed by atoms with van der Waals surface area (Å²) < 4.78 is 24.0. The third-order valence-electron chi connectivity index (χ3n) is 3.18. The number of rotatable bonds is 2. The topological polar surface area (TPSA) is 15.3 Å². The molecule has 2 fully saturated rings. The van der Waals surface area contributed by atoms with Gasteiger partial charge in [0.05, 0.1) is 6.54 Å². The van der Waals surface area contributed by atoms with Crippen LogP contribution >= 0.6 is 0 Å². The lowest BCUT2D eigenvalue weighted by molar-refractivity contribution is -0.0517. The molecule has 0 amide bonds. The molecule has 1 N–H and O–H groups in total. The van der Waals surface area contributed by atoms with Crippen molar-refractivity contribution in [3.05, 3.63) is 0 Å². The molecule has 2 aliphatic rings. The first-order valence-corrected chi connectivity index (χ1v) is 4.91. The Labute approximate surface area is 77.3 Å². The second-order valence-corrected chi connectivity index (χ2v) is 4.31. The summed E-state index contributed by atoms with van der Waals surface area (Å²) in [7, 11) is 0. The molecular formula is C9H16F2N2. The maximum atomic E-state index is 12.0. The number of alkyl halides is 2. The van der Waals surface area contributed by atoms with Crippen LogP contribution in [-0.2, 0) is 0 Å². The van der Waals surface area contributed by atoms with Crippen LogP contribution in [0.1, 0.15) is 12.8 Å². The van der Waals surface area contributed by atoms with Gasteiger partial charge in [-0.2, -0.15) is 0 Å². The molecule has 0 aromatic rings. The summed E-state index contributed by atoms with van der Waals surface area (Å²) in [6.07, 6.45) is 0.151. The normalized spacial score (nSPS) is 27.9. The van der Waals surface area contributed by atoms with E-state index in [0.717, 1.165) is 39.0 Å². The first-order chi connectivity index (χ1) is 6.20. The Morgan fingerprint density at radius 2 is 1.85 bits per heavy atom. The molecule has 2 saturated heterocycles. The highest BCUT2D eigenvalue weighted by molar-refractivity contribution is 4.97. The SMILES string of the molecule is FC(F)CN1CC2(CCNCC2)C1. The Bertz CT molecular complexity index is 170. The van der Waals surface area contributed by atoms with Gasteiger partial charge in [-0.05, 0) is 31.3 Å². The summed E-state index contributed by atoms with van der Waals surface area (Å²) in [5.41, 5.74) is 0.389. The largest absolute Gasteiger partial charge is 0.317 e. The van der Waals surface area contributed by atoms with Gasteiger partial charge in [0.25, 0.3) is 6.43 Å². The molecule has 2 rings (SSSR count).